The average Bonchev–Trinajstić information content (AvgIpc) is 2.89. The Morgan fingerprint density at radius 2 is 1.82 bits per heavy atom. The number of hydrogen-bond acceptors (Lipinski definition) is 4. The molecule has 0 saturated carbocycles. The van der Waals surface area contributed by atoms with Crippen LogP contribution in [0, 0.1) is 5.92 Å². The molecule has 2 unspecified atom stereocenters. The van der Waals surface area contributed by atoms with Gasteiger partial charge in [-0.05, 0) is 18.9 Å². The molecule has 2 saturated heterocycles. The number of amides is 2. The number of likely N-dealkylation sites (N-methyl/N-ethyl adjacent to an activating group) is 1. The van der Waals surface area contributed by atoms with Gasteiger partial charge in [-0.3, -0.25) is 9.59 Å². The largest absolute Gasteiger partial charge is 0.338 e. The quantitative estimate of drug-likeness (QED) is 0.785. The molecular formula is C16H29N3O2S. The van der Waals surface area contributed by atoms with Crippen LogP contribution >= 0.6 is 11.8 Å². The molecule has 0 aromatic heterocycles. The molecule has 0 aliphatic carbocycles. The van der Waals surface area contributed by atoms with Gasteiger partial charge in [0.1, 0.15) is 6.04 Å². The van der Waals surface area contributed by atoms with Crippen LogP contribution < -0.4 is 0 Å². The van der Waals surface area contributed by atoms with Crippen LogP contribution in [0.25, 0.3) is 0 Å². The van der Waals surface area contributed by atoms with Crippen molar-refractivity contribution in [2.45, 2.75) is 45.5 Å². The highest BCUT2D eigenvalue weighted by Gasteiger charge is 2.42. The molecule has 0 aromatic rings. The van der Waals surface area contributed by atoms with Crippen molar-refractivity contribution in [3.05, 3.63) is 0 Å². The molecule has 0 N–H and O–H groups in total. The zero-order chi connectivity index (χ0) is 16.3. The fraction of sp³-hybridized carbons (Fsp3) is 0.875. The standard InChI is InChI=1S/C16H29N3O2S/c1-5-17-6-8-18(9-7-17)16(21)14-11-22-15(10-12(2)3)19(14)13(4)20/h12,14-15H,5-11H2,1-4H3. The lowest BCUT2D eigenvalue weighted by molar-refractivity contribution is -0.145. The number of piperazine rings is 1. The van der Waals surface area contributed by atoms with Gasteiger partial charge in [0.15, 0.2) is 0 Å². The van der Waals surface area contributed by atoms with Gasteiger partial charge in [0.25, 0.3) is 0 Å². The van der Waals surface area contributed by atoms with Crippen LogP contribution in [0.4, 0.5) is 0 Å². The minimum atomic E-state index is -0.264. The summed E-state index contributed by atoms with van der Waals surface area (Å²) in [5.41, 5.74) is 0. The summed E-state index contributed by atoms with van der Waals surface area (Å²) in [6.07, 6.45) is 0.956. The van der Waals surface area contributed by atoms with Crippen molar-refractivity contribution in [3.8, 4) is 0 Å². The Labute approximate surface area is 138 Å². The second kappa shape index (κ2) is 7.68. The minimum Gasteiger partial charge on any atom is -0.338 e. The van der Waals surface area contributed by atoms with Gasteiger partial charge in [-0.1, -0.05) is 20.8 Å². The molecule has 0 aromatic carbocycles. The van der Waals surface area contributed by atoms with Crippen LogP contribution in [-0.2, 0) is 9.59 Å². The molecule has 2 atom stereocenters. The Bertz CT molecular complexity index is 408. The predicted molar refractivity (Wildman–Crippen MR) is 90.7 cm³/mol. The first-order valence-electron chi connectivity index (χ1n) is 8.35. The van der Waals surface area contributed by atoms with Crippen molar-refractivity contribution in [2.24, 2.45) is 5.92 Å². The van der Waals surface area contributed by atoms with Crippen LogP contribution in [0.1, 0.15) is 34.1 Å². The SMILES string of the molecule is CCN1CCN(C(=O)C2CSC(CC(C)C)N2C(C)=O)CC1. The summed E-state index contributed by atoms with van der Waals surface area (Å²) in [6, 6.07) is -0.264. The fourth-order valence-corrected chi connectivity index (χ4v) is 4.94. The number of carbonyl (C=O) groups excluding carboxylic acids is 2. The molecule has 5 nitrogen and oxygen atoms in total. The van der Waals surface area contributed by atoms with E-state index in [1.807, 2.05) is 9.80 Å². The van der Waals surface area contributed by atoms with E-state index in [4.69, 9.17) is 0 Å². The van der Waals surface area contributed by atoms with Gasteiger partial charge < -0.3 is 14.7 Å². The third-order valence-electron chi connectivity index (χ3n) is 4.55. The second-order valence-corrected chi connectivity index (χ2v) is 7.83. The number of thioether (sulfide) groups is 1. The first kappa shape index (κ1) is 17.6. The zero-order valence-electron chi connectivity index (χ0n) is 14.2. The molecule has 0 spiro atoms. The monoisotopic (exact) mass is 327 g/mol. The average molecular weight is 327 g/mol. The molecule has 126 valence electrons. The summed E-state index contributed by atoms with van der Waals surface area (Å²) in [7, 11) is 0. The number of nitrogens with zero attached hydrogens (tertiary/aromatic N) is 3. The van der Waals surface area contributed by atoms with Crippen LogP contribution in [-0.4, -0.2) is 76.4 Å². The van der Waals surface area contributed by atoms with Crippen molar-refractivity contribution < 1.29 is 9.59 Å². The molecular weight excluding hydrogens is 298 g/mol. The summed E-state index contributed by atoms with van der Waals surface area (Å²) < 4.78 is 0. The minimum absolute atomic E-state index is 0.0289. The van der Waals surface area contributed by atoms with E-state index < -0.39 is 0 Å². The third-order valence-corrected chi connectivity index (χ3v) is 5.86. The van der Waals surface area contributed by atoms with Crippen LogP contribution in [0.2, 0.25) is 0 Å². The summed E-state index contributed by atoms with van der Waals surface area (Å²) in [4.78, 5) is 31.0. The maximum Gasteiger partial charge on any atom is 0.246 e. The smallest absolute Gasteiger partial charge is 0.246 e. The lowest BCUT2D eigenvalue weighted by atomic mass is 10.1. The Kier molecular flexibility index (Phi) is 6.15. The van der Waals surface area contributed by atoms with E-state index in [1.54, 1.807) is 18.7 Å². The highest BCUT2D eigenvalue weighted by Crippen LogP contribution is 2.34. The summed E-state index contributed by atoms with van der Waals surface area (Å²) in [6.45, 7) is 12.6. The van der Waals surface area contributed by atoms with Gasteiger partial charge in [-0.25, -0.2) is 0 Å². The van der Waals surface area contributed by atoms with E-state index in [2.05, 4.69) is 25.7 Å². The van der Waals surface area contributed by atoms with Crippen molar-refractivity contribution >= 4 is 23.6 Å². The van der Waals surface area contributed by atoms with E-state index in [9.17, 15) is 9.59 Å². The first-order valence-corrected chi connectivity index (χ1v) is 9.40. The Morgan fingerprint density at radius 1 is 1.18 bits per heavy atom. The topological polar surface area (TPSA) is 43.9 Å². The van der Waals surface area contributed by atoms with Gasteiger partial charge in [0.05, 0.1) is 5.37 Å². The summed E-state index contributed by atoms with van der Waals surface area (Å²) in [5.74, 6) is 1.44. The van der Waals surface area contributed by atoms with Gasteiger partial charge in [0.2, 0.25) is 11.8 Å². The summed E-state index contributed by atoms with van der Waals surface area (Å²) >= 11 is 1.76. The summed E-state index contributed by atoms with van der Waals surface area (Å²) in [5, 5.41) is 0.156. The zero-order valence-corrected chi connectivity index (χ0v) is 15.1. The van der Waals surface area contributed by atoms with Crippen LogP contribution in [0.15, 0.2) is 0 Å². The van der Waals surface area contributed by atoms with Crippen molar-refractivity contribution in [3.63, 3.8) is 0 Å². The lowest BCUT2D eigenvalue weighted by Gasteiger charge is -2.37. The number of carbonyl (C=O) groups is 2. The van der Waals surface area contributed by atoms with Gasteiger partial charge in [-0.15, -0.1) is 11.8 Å². The second-order valence-electron chi connectivity index (χ2n) is 6.62. The van der Waals surface area contributed by atoms with E-state index in [0.29, 0.717) is 5.92 Å². The molecule has 22 heavy (non-hydrogen) atoms. The molecule has 0 bridgehead atoms. The van der Waals surface area contributed by atoms with E-state index in [0.717, 1.165) is 44.9 Å². The Balaban J connectivity index is 2.01. The normalized spacial score (nSPS) is 26.8. The lowest BCUT2D eigenvalue weighted by Crippen LogP contribution is -2.55. The van der Waals surface area contributed by atoms with Crippen molar-refractivity contribution in [1.29, 1.82) is 0 Å². The van der Waals surface area contributed by atoms with E-state index in [1.165, 1.54) is 0 Å². The highest BCUT2D eigenvalue weighted by molar-refractivity contribution is 8.00. The Morgan fingerprint density at radius 3 is 2.32 bits per heavy atom. The first-order chi connectivity index (χ1) is 10.4. The van der Waals surface area contributed by atoms with Crippen LogP contribution in [0.3, 0.4) is 0 Å². The molecule has 6 heteroatoms. The third kappa shape index (κ3) is 3.96. The number of rotatable bonds is 4. The molecule has 2 aliphatic heterocycles. The van der Waals surface area contributed by atoms with E-state index in [-0.39, 0.29) is 23.2 Å². The van der Waals surface area contributed by atoms with Crippen molar-refractivity contribution in [2.75, 3.05) is 38.5 Å². The fourth-order valence-electron chi connectivity index (χ4n) is 3.26. The van der Waals surface area contributed by atoms with Gasteiger partial charge in [-0.2, -0.15) is 0 Å². The molecule has 0 radical (unpaired) electrons. The van der Waals surface area contributed by atoms with E-state index >= 15 is 0 Å². The molecule has 2 amide bonds. The molecule has 2 heterocycles. The maximum atomic E-state index is 12.8. The molecule has 2 fully saturated rings. The highest BCUT2D eigenvalue weighted by atomic mass is 32.2. The predicted octanol–water partition coefficient (Wildman–Crippen LogP) is 1.49. The van der Waals surface area contributed by atoms with Gasteiger partial charge in [0, 0.05) is 38.9 Å². The van der Waals surface area contributed by atoms with Crippen molar-refractivity contribution in [1.82, 2.24) is 14.7 Å². The molecule has 2 aliphatic rings. The van der Waals surface area contributed by atoms with Gasteiger partial charge >= 0.3 is 0 Å². The molecule has 2 rings (SSSR count). The maximum absolute atomic E-state index is 12.8. The van der Waals surface area contributed by atoms with Crippen LogP contribution in [0.5, 0.6) is 0 Å². The number of hydrogen-bond donors (Lipinski definition) is 0. The Hall–Kier alpha value is -0.750.